The lowest BCUT2D eigenvalue weighted by molar-refractivity contribution is -0.130. The van der Waals surface area contributed by atoms with Crippen LogP contribution in [0.1, 0.15) is 4.88 Å². The Hall–Kier alpha value is -1.06. The molecule has 0 radical (unpaired) electrons. The van der Waals surface area contributed by atoms with Gasteiger partial charge in [-0.3, -0.25) is 0 Å². The molecule has 0 bridgehead atoms. The van der Waals surface area contributed by atoms with Gasteiger partial charge in [-0.1, -0.05) is 18.7 Å². The van der Waals surface area contributed by atoms with Crippen LogP contribution in [-0.4, -0.2) is 11.1 Å². The van der Waals surface area contributed by atoms with E-state index in [4.69, 9.17) is 5.11 Å². The van der Waals surface area contributed by atoms with E-state index in [1.807, 2.05) is 11.4 Å². The normalized spacial score (nSPS) is 10.3. The fraction of sp³-hybridized carbons (Fsp3) is 0. The zero-order chi connectivity index (χ0) is 8.97. The molecule has 0 unspecified atom stereocenters. The van der Waals surface area contributed by atoms with Crippen LogP contribution < -0.4 is 0 Å². The number of carbonyl (C=O) groups is 1. The van der Waals surface area contributed by atoms with E-state index in [9.17, 15) is 4.79 Å². The second kappa shape index (κ2) is 5.56. The first-order chi connectivity index (χ1) is 5.75. The van der Waals surface area contributed by atoms with Crippen molar-refractivity contribution in [3.05, 3.63) is 41.1 Å². The lowest BCUT2D eigenvalue weighted by Gasteiger charge is -1.94. The van der Waals surface area contributed by atoms with Crippen molar-refractivity contribution in [1.29, 1.82) is 0 Å². The first-order valence-corrected chi connectivity index (χ1v) is 4.23. The zero-order valence-electron chi connectivity index (χ0n) is 6.77. The molecule has 0 spiro atoms. The van der Waals surface area contributed by atoms with E-state index in [-0.39, 0.29) is 12.4 Å². The van der Waals surface area contributed by atoms with Gasteiger partial charge in [0, 0.05) is 4.88 Å². The fourth-order valence-electron chi connectivity index (χ4n) is 0.808. The maximum Gasteiger partial charge on any atom is 0.337 e. The minimum absolute atomic E-state index is 0. The molecule has 1 N–H and O–H groups in total. The first kappa shape index (κ1) is 11.9. The van der Waals surface area contributed by atoms with E-state index in [2.05, 4.69) is 6.58 Å². The first-order valence-electron chi connectivity index (χ1n) is 3.35. The van der Waals surface area contributed by atoms with Crippen molar-refractivity contribution < 1.29 is 9.90 Å². The third-order valence-corrected chi connectivity index (χ3v) is 2.20. The van der Waals surface area contributed by atoms with Crippen molar-refractivity contribution in [3.63, 3.8) is 0 Å². The molecule has 1 aromatic rings. The minimum atomic E-state index is -0.919. The average Bonchev–Trinajstić information content (AvgIpc) is 2.51. The molecule has 0 saturated carbocycles. The van der Waals surface area contributed by atoms with Crippen LogP contribution in [0.2, 0.25) is 0 Å². The molecule has 4 heteroatoms. The molecule has 0 atom stereocenters. The molecule has 70 valence electrons. The van der Waals surface area contributed by atoms with Crippen LogP contribution in [0.5, 0.6) is 0 Å². The number of hydrogen-bond donors (Lipinski definition) is 1. The molecule has 1 heterocycles. The van der Waals surface area contributed by atoms with Crippen molar-refractivity contribution >= 4 is 35.3 Å². The Balaban J connectivity index is 0.00000144. The van der Waals surface area contributed by atoms with Gasteiger partial charge in [-0.15, -0.1) is 23.7 Å². The van der Waals surface area contributed by atoms with Gasteiger partial charge < -0.3 is 5.11 Å². The maximum atomic E-state index is 10.7. The van der Waals surface area contributed by atoms with Crippen LogP contribution in [-0.2, 0) is 4.79 Å². The molecule has 2 nitrogen and oxygen atoms in total. The lowest BCUT2D eigenvalue weighted by Crippen LogP contribution is -1.96. The summed E-state index contributed by atoms with van der Waals surface area (Å²) in [6.07, 6.45) is 2.97. The molecule has 0 amide bonds. The molecular weight excluding hydrogens is 208 g/mol. The smallest absolute Gasteiger partial charge is 0.337 e. The Kier molecular flexibility index (Phi) is 5.11. The average molecular weight is 217 g/mol. The molecule has 0 aromatic carbocycles. The van der Waals surface area contributed by atoms with E-state index >= 15 is 0 Å². The number of rotatable bonds is 3. The lowest BCUT2D eigenvalue weighted by atomic mass is 10.2. The number of carboxylic acid groups (broad SMARTS) is 1. The van der Waals surface area contributed by atoms with Gasteiger partial charge in [0.25, 0.3) is 0 Å². The summed E-state index contributed by atoms with van der Waals surface area (Å²) in [5.74, 6) is -0.919. The predicted octanol–water partition coefficient (Wildman–Crippen LogP) is 2.82. The molecule has 0 aliphatic heterocycles. The highest BCUT2D eigenvalue weighted by Gasteiger charge is 2.08. The Bertz CT molecular complexity index is 314. The zero-order valence-corrected chi connectivity index (χ0v) is 8.40. The Labute approximate surface area is 86.6 Å². The number of halogens is 1. The van der Waals surface area contributed by atoms with E-state index in [1.165, 1.54) is 23.5 Å². The SMILES string of the molecule is C=CC=C(C(=O)O)c1cccs1.Cl. The summed E-state index contributed by atoms with van der Waals surface area (Å²) in [6, 6.07) is 3.59. The van der Waals surface area contributed by atoms with Crippen LogP contribution in [0.25, 0.3) is 5.57 Å². The second-order valence-electron chi connectivity index (χ2n) is 2.10. The van der Waals surface area contributed by atoms with E-state index in [1.54, 1.807) is 6.07 Å². The van der Waals surface area contributed by atoms with Crippen molar-refractivity contribution in [2.75, 3.05) is 0 Å². The third-order valence-electron chi connectivity index (χ3n) is 1.30. The van der Waals surface area contributed by atoms with Crippen molar-refractivity contribution in [2.24, 2.45) is 0 Å². The minimum Gasteiger partial charge on any atom is -0.478 e. The molecule has 0 aliphatic carbocycles. The summed E-state index contributed by atoms with van der Waals surface area (Å²) in [5.41, 5.74) is 0.292. The van der Waals surface area contributed by atoms with Gasteiger partial charge >= 0.3 is 5.97 Å². The molecule has 0 fully saturated rings. The monoisotopic (exact) mass is 216 g/mol. The molecule has 0 saturated heterocycles. The van der Waals surface area contributed by atoms with Gasteiger partial charge in [0.15, 0.2) is 0 Å². The predicted molar refractivity (Wildman–Crippen MR) is 57.4 cm³/mol. The van der Waals surface area contributed by atoms with Gasteiger partial charge in [-0.25, -0.2) is 4.79 Å². The van der Waals surface area contributed by atoms with Crippen molar-refractivity contribution in [2.45, 2.75) is 0 Å². The van der Waals surface area contributed by atoms with Crippen LogP contribution in [0.3, 0.4) is 0 Å². The number of carboxylic acids is 1. The van der Waals surface area contributed by atoms with Crippen molar-refractivity contribution in [1.82, 2.24) is 0 Å². The van der Waals surface area contributed by atoms with Crippen LogP contribution in [0, 0.1) is 0 Å². The van der Waals surface area contributed by atoms with Gasteiger partial charge in [0.2, 0.25) is 0 Å². The van der Waals surface area contributed by atoms with Crippen LogP contribution in [0.4, 0.5) is 0 Å². The Morgan fingerprint density at radius 1 is 1.62 bits per heavy atom. The summed E-state index contributed by atoms with van der Waals surface area (Å²) in [7, 11) is 0. The summed E-state index contributed by atoms with van der Waals surface area (Å²) < 4.78 is 0. The molecule has 0 aliphatic rings. The molecule has 1 aromatic heterocycles. The van der Waals surface area contributed by atoms with Gasteiger partial charge in [-0.2, -0.15) is 0 Å². The number of hydrogen-bond acceptors (Lipinski definition) is 2. The molecule has 1 rings (SSSR count). The topological polar surface area (TPSA) is 37.3 Å². The van der Waals surface area contributed by atoms with Crippen molar-refractivity contribution in [3.8, 4) is 0 Å². The van der Waals surface area contributed by atoms with E-state index in [0.29, 0.717) is 5.57 Å². The fourth-order valence-corrected chi connectivity index (χ4v) is 1.55. The highest BCUT2D eigenvalue weighted by atomic mass is 35.5. The molecule has 13 heavy (non-hydrogen) atoms. The summed E-state index contributed by atoms with van der Waals surface area (Å²) >= 11 is 1.40. The number of thiophene rings is 1. The van der Waals surface area contributed by atoms with E-state index < -0.39 is 5.97 Å². The quantitative estimate of drug-likeness (QED) is 0.623. The van der Waals surface area contributed by atoms with Gasteiger partial charge in [0.1, 0.15) is 0 Å². The third kappa shape index (κ3) is 3.05. The summed E-state index contributed by atoms with van der Waals surface area (Å²) in [6.45, 7) is 3.46. The Morgan fingerprint density at radius 2 is 2.31 bits per heavy atom. The van der Waals surface area contributed by atoms with E-state index in [0.717, 1.165) is 4.88 Å². The standard InChI is InChI=1S/C9H8O2S.ClH/c1-2-4-7(9(10)11)8-5-3-6-12-8;/h2-6H,1H2,(H,10,11);1H. The summed E-state index contributed by atoms with van der Waals surface area (Å²) in [5, 5.41) is 10.6. The number of aliphatic carboxylic acids is 1. The van der Waals surface area contributed by atoms with Gasteiger partial charge in [-0.05, 0) is 17.5 Å². The van der Waals surface area contributed by atoms with Crippen LogP contribution >= 0.6 is 23.7 Å². The second-order valence-corrected chi connectivity index (χ2v) is 3.05. The highest BCUT2D eigenvalue weighted by molar-refractivity contribution is 7.11. The highest BCUT2D eigenvalue weighted by Crippen LogP contribution is 2.20. The largest absolute Gasteiger partial charge is 0.478 e. The molecular formula is C9H9ClO2S. The maximum absolute atomic E-state index is 10.7. The van der Waals surface area contributed by atoms with Crippen LogP contribution in [0.15, 0.2) is 36.2 Å². The van der Waals surface area contributed by atoms with Gasteiger partial charge in [0.05, 0.1) is 5.57 Å². The Morgan fingerprint density at radius 3 is 2.69 bits per heavy atom. The number of allylic oxidation sites excluding steroid dienone is 2. The summed E-state index contributed by atoms with van der Waals surface area (Å²) in [4.78, 5) is 11.4.